The van der Waals surface area contributed by atoms with Crippen molar-refractivity contribution >= 4 is 21.5 Å². The molecular weight excluding hydrogens is 264 g/mol. The van der Waals surface area contributed by atoms with Gasteiger partial charge >= 0.3 is 5.00 Å². The van der Waals surface area contributed by atoms with Crippen LogP contribution in [0.1, 0.15) is 11.1 Å². The Morgan fingerprint density at radius 2 is 2.37 bits per heavy atom. The van der Waals surface area contributed by atoms with Gasteiger partial charge in [0.05, 0.1) is 16.6 Å². The first kappa shape index (κ1) is 13.0. The Morgan fingerprint density at radius 3 is 3.00 bits per heavy atom. The van der Waals surface area contributed by atoms with Crippen LogP contribution in [-0.2, 0) is 6.54 Å². The van der Waals surface area contributed by atoms with Gasteiger partial charge in [-0.1, -0.05) is 12.1 Å². The van der Waals surface area contributed by atoms with E-state index in [2.05, 4.69) is 11.1 Å². The largest absolute Gasteiger partial charge is 0.347 e. The average molecular weight is 274 g/mol. The SMILES string of the molecule is CN(Cc1cccc(C#N)c1)c1ncc([N+](=O)[O-])s1. The molecule has 1 aromatic heterocycles. The number of nitrogens with zero attached hydrogens (tertiary/aromatic N) is 4. The minimum absolute atomic E-state index is 0.0209. The third-order valence-corrected chi connectivity index (χ3v) is 3.53. The summed E-state index contributed by atoms with van der Waals surface area (Å²) in [4.78, 5) is 16.0. The zero-order valence-corrected chi connectivity index (χ0v) is 10.9. The van der Waals surface area contributed by atoms with Crippen LogP contribution in [0.2, 0.25) is 0 Å². The summed E-state index contributed by atoms with van der Waals surface area (Å²) in [6, 6.07) is 9.32. The molecular formula is C12H10N4O2S. The smallest absolute Gasteiger partial charge is 0.345 e. The Kier molecular flexibility index (Phi) is 3.73. The van der Waals surface area contributed by atoms with E-state index in [1.165, 1.54) is 6.20 Å². The van der Waals surface area contributed by atoms with E-state index in [4.69, 9.17) is 5.26 Å². The number of hydrogen-bond acceptors (Lipinski definition) is 6. The van der Waals surface area contributed by atoms with Crippen LogP contribution in [-0.4, -0.2) is 17.0 Å². The van der Waals surface area contributed by atoms with E-state index in [-0.39, 0.29) is 5.00 Å². The average Bonchev–Trinajstić information content (AvgIpc) is 2.89. The van der Waals surface area contributed by atoms with E-state index in [0.29, 0.717) is 17.2 Å². The van der Waals surface area contributed by atoms with Gasteiger partial charge < -0.3 is 4.90 Å². The Balaban J connectivity index is 2.13. The fraction of sp³-hybridized carbons (Fsp3) is 0.167. The van der Waals surface area contributed by atoms with Crippen molar-refractivity contribution in [1.29, 1.82) is 5.26 Å². The second-order valence-corrected chi connectivity index (χ2v) is 4.89. The first-order valence-electron chi connectivity index (χ1n) is 5.40. The molecule has 7 heteroatoms. The standard InChI is InChI=1S/C12H10N4O2S/c1-15(12-14-7-11(19-12)16(17)18)8-10-4-2-3-9(5-10)6-13/h2-5,7H,8H2,1H3. The molecule has 0 N–H and O–H groups in total. The van der Waals surface area contributed by atoms with Crippen LogP contribution in [0.3, 0.4) is 0 Å². The maximum atomic E-state index is 10.6. The highest BCUT2D eigenvalue weighted by atomic mass is 32.1. The van der Waals surface area contributed by atoms with Gasteiger partial charge in [-0.25, -0.2) is 4.98 Å². The minimum Gasteiger partial charge on any atom is -0.347 e. The van der Waals surface area contributed by atoms with Gasteiger partial charge in [0.2, 0.25) is 0 Å². The van der Waals surface area contributed by atoms with Crippen LogP contribution >= 0.6 is 11.3 Å². The van der Waals surface area contributed by atoms with Crippen LogP contribution in [0.4, 0.5) is 10.1 Å². The van der Waals surface area contributed by atoms with Gasteiger partial charge in [-0.05, 0) is 29.0 Å². The zero-order valence-electron chi connectivity index (χ0n) is 10.1. The summed E-state index contributed by atoms with van der Waals surface area (Å²) in [5, 5.41) is 20.0. The second kappa shape index (κ2) is 5.46. The minimum atomic E-state index is -0.453. The zero-order chi connectivity index (χ0) is 13.8. The van der Waals surface area contributed by atoms with E-state index >= 15 is 0 Å². The third kappa shape index (κ3) is 3.05. The van der Waals surface area contributed by atoms with Crippen LogP contribution in [0.15, 0.2) is 30.5 Å². The molecule has 2 aromatic rings. The van der Waals surface area contributed by atoms with E-state index in [1.54, 1.807) is 12.1 Å². The molecule has 0 fully saturated rings. The molecule has 0 spiro atoms. The van der Waals surface area contributed by atoms with Gasteiger partial charge in [0.25, 0.3) is 0 Å². The molecule has 0 radical (unpaired) electrons. The van der Waals surface area contributed by atoms with E-state index < -0.39 is 4.92 Å². The third-order valence-electron chi connectivity index (χ3n) is 2.46. The maximum absolute atomic E-state index is 10.6. The first-order chi connectivity index (χ1) is 9.10. The summed E-state index contributed by atoms with van der Waals surface area (Å²) in [6.07, 6.45) is 1.25. The number of hydrogen-bond donors (Lipinski definition) is 0. The molecule has 0 bridgehead atoms. The lowest BCUT2D eigenvalue weighted by molar-refractivity contribution is -0.380. The Morgan fingerprint density at radius 1 is 1.58 bits per heavy atom. The molecule has 0 amide bonds. The second-order valence-electron chi connectivity index (χ2n) is 3.91. The molecule has 2 rings (SSSR count). The van der Waals surface area contributed by atoms with E-state index in [1.807, 2.05) is 24.1 Å². The monoisotopic (exact) mass is 274 g/mol. The number of nitro groups is 1. The first-order valence-corrected chi connectivity index (χ1v) is 6.22. The van der Waals surface area contributed by atoms with Gasteiger partial charge in [0, 0.05) is 13.6 Å². The summed E-state index contributed by atoms with van der Waals surface area (Å²) < 4.78 is 0. The Labute approximate surface area is 113 Å². The highest BCUT2D eigenvalue weighted by Gasteiger charge is 2.14. The highest BCUT2D eigenvalue weighted by molar-refractivity contribution is 7.18. The predicted octanol–water partition coefficient (Wildman–Crippen LogP) is 2.56. The van der Waals surface area contributed by atoms with Crippen LogP contribution in [0.25, 0.3) is 0 Å². The predicted molar refractivity (Wildman–Crippen MR) is 72.0 cm³/mol. The van der Waals surface area contributed by atoms with Crippen molar-refractivity contribution in [3.05, 3.63) is 51.7 Å². The van der Waals surface area contributed by atoms with Gasteiger partial charge in [-0.3, -0.25) is 10.1 Å². The number of nitriles is 1. The summed E-state index contributed by atoms with van der Waals surface area (Å²) >= 11 is 1.03. The van der Waals surface area contributed by atoms with Crippen molar-refractivity contribution in [2.75, 3.05) is 11.9 Å². The number of anilines is 1. The van der Waals surface area contributed by atoms with Crippen molar-refractivity contribution in [1.82, 2.24) is 4.98 Å². The number of thiazole rings is 1. The number of aromatic nitrogens is 1. The quantitative estimate of drug-likeness (QED) is 0.632. The molecule has 1 aromatic carbocycles. The van der Waals surface area contributed by atoms with Crippen molar-refractivity contribution in [3.8, 4) is 6.07 Å². The summed E-state index contributed by atoms with van der Waals surface area (Å²) in [5.41, 5.74) is 1.55. The van der Waals surface area contributed by atoms with Gasteiger partial charge in [-0.2, -0.15) is 5.26 Å². The van der Waals surface area contributed by atoms with Crippen molar-refractivity contribution < 1.29 is 4.92 Å². The number of benzene rings is 1. The summed E-state index contributed by atoms with van der Waals surface area (Å²) in [7, 11) is 1.81. The summed E-state index contributed by atoms with van der Waals surface area (Å²) in [6.45, 7) is 0.542. The topological polar surface area (TPSA) is 83.1 Å². The van der Waals surface area contributed by atoms with E-state index in [9.17, 15) is 10.1 Å². The lowest BCUT2D eigenvalue weighted by Crippen LogP contribution is -2.15. The Bertz CT molecular complexity index is 647. The molecule has 1 heterocycles. The van der Waals surface area contributed by atoms with Crippen LogP contribution < -0.4 is 4.90 Å². The molecule has 0 aliphatic carbocycles. The van der Waals surface area contributed by atoms with E-state index in [0.717, 1.165) is 16.9 Å². The van der Waals surface area contributed by atoms with Crippen molar-refractivity contribution in [3.63, 3.8) is 0 Å². The molecule has 0 saturated carbocycles. The van der Waals surface area contributed by atoms with Crippen molar-refractivity contribution in [2.24, 2.45) is 0 Å². The molecule has 0 atom stereocenters. The molecule has 96 valence electrons. The Hall–Kier alpha value is -2.46. The normalized spacial score (nSPS) is 9.89. The fourth-order valence-electron chi connectivity index (χ4n) is 1.60. The molecule has 0 aliphatic heterocycles. The lowest BCUT2D eigenvalue weighted by atomic mass is 10.1. The summed E-state index contributed by atoms with van der Waals surface area (Å²) in [5.74, 6) is 0. The van der Waals surface area contributed by atoms with Gasteiger partial charge in [-0.15, -0.1) is 0 Å². The van der Waals surface area contributed by atoms with Crippen LogP contribution in [0.5, 0.6) is 0 Å². The van der Waals surface area contributed by atoms with Crippen LogP contribution in [0, 0.1) is 21.4 Å². The molecule has 0 aliphatic rings. The van der Waals surface area contributed by atoms with Gasteiger partial charge in [0.1, 0.15) is 6.20 Å². The highest BCUT2D eigenvalue weighted by Crippen LogP contribution is 2.28. The van der Waals surface area contributed by atoms with Gasteiger partial charge in [0.15, 0.2) is 5.13 Å². The fourth-order valence-corrected chi connectivity index (χ4v) is 2.29. The number of rotatable bonds is 4. The maximum Gasteiger partial charge on any atom is 0.345 e. The molecule has 6 nitrogen and oxygen atoms in total. The molecule has 19 heavy (non-hydrogen) atoms. The molecule has 0 unspecified atom stereocenters. The lowest BCUT2D eigenvalue weighted by Gasteiger charge is -2.15. The molecule has 0 saturated heterocycles. The van der Waals surface area contributed by atoms with Crippen molar-refractivity contribution in [2.45, 2.75) is 6.54 Å².